The van der Waals surface area contributed by atoms with Crippen LogP contribution in [0.3, 0.4) is 0 Å². The van der Waals surface area contributed by atoms with Crippen LogP contribution in [0.25, 0.3) is 0 Å². The van der Waals surface area contributed by atoms with E-state index >= 15 is 0 Å². The van der Waals surface area contributed by atoms with Crippen LogP contribution in [0.2, 0.25) is 14.3 Å². The number of unbranched alkanes of at least 4 members (excludes halogenated alkanes) is 1. The van der Waals surface area contributed by atoms with Crippen LogP contribution < -0.4 is 3.58 Å². The first-order valence-electron chi connectivity index (χ1n) is 5.28. The maximum atomic E-state index is 3.50. The average molecular weight is 362 g/mol. The SMILES string of the molecule is [CH3][Sn]([CH3])([CH2]CCCBr)[c]1ccccc1. The number of alkyl halides is 1. The quantitative estimate of drug-likeness (QED) is 0.425. The van der Waals surface area contributed by atoms with Crippen LogP contribution in [-0.2, 0) is 0 Å². The summed E-state index contributed by atoms with van der Waals surface area (Å²) in [6.45, 7) is 0. The molecule has 2 heteroatoms. The van der Waals surface area contributed by atoms with Crippen molar-refractivity contribution in [3.63, 3.8) is 0 Å². The van der Waals surface area contributed by atoms with Crippen LogP contribution >= 0.6 is 15.9 Å². The molecular formula is C12H19BrSn. The number of halogens is 1. The van der Waals surface area contributed by atoms with Gasteiger partial charge in [0.1, 0.15) is 0 Å². The molecule has 0 bridgehead atoms. The van der Waals surface area contributed by atoms with Gasteiger partial charge in [-0.25, -0.2) is 0 Å². The van der Waals surface area contributed by atoms with Gasteiger partial charge in [0.2, 0.25) is 0 Å². The monoisotopic (exact) mass is 362 g/mol. The Labute approximate surface area is 100 Å². The molecule has 0 spiro atoms. The fourth-order valence-electron chi connectivity index (χ4n) is 1.70. The summed E-state index contributed by atoms with van der Waals surface area (Å²) < 4.78 is 3.14. The molecule has 14 heavy (non-hydrogen) atoms. The second-order valence-corrected chi connectivity index (χ2v) is 19.0. The average Bonchev–Trinajstić information content (AvgIpc) is 2.19. The molecule has 0 atom stereocenters. The second-order valence-electron chi connectivity index (χ2n) is 4.40. The van der Waals surface area contributed by atoms with Crippen molar-refractivity contribution in [2.24, 2.45) is 0 Å². The Balaban J connectivity index is 2.56. The van der Waals surface area contributed by atoms with Gasteiger partial charge in [-0.2, -0.15) is 0 Å². The maximum absolute atomic E-state index is 3.50. The van der Waals surface area contributed by atoms with Gasteiger partial charge in [-0.15, -0.1) is 0 Å². The van der Waals surface area contributed by atoms with E-state index in [-0.39, 0.29) is 0 Å². The Morgan fingerprint density at radius 3 is 2.29 bits per heavy atom. The van der Waals surface area contributed by atoms with Crippen molar-refractivity contribution in [1.82, 2.24) is 0 Å². The molecule has 0 aliphatic carbocycles. The zero-order valence-electron chi connectivity index (χ0n) is 9.09. The minimum absolute atomic E-state index is 1.16. The molecule has 78 valence electrons. The van der Waals surface area contributed by atoms with E-state index in [2.05, 4.69) is 56.1 Å². The van der Waals surface area contributed by atoms with Gasteiger partial charge >= 0.3 is 101 Å². The molecule has 0 aromatic heterocycles. The van der Waals surface area contributed by atoms with E-state index in [4.69, 9.17) is 0 Å². The number of hydrogen-bond donors (Lipinski definition) is 0. The zero-order valence-corrected chi connectivity index (χ0v) is 13.5. The van der Waals surface area contributed by atoms with E-state index < -0.39 is 18.4 Å². The Kier molecular flexibility index (Phi) is 5.53. The molecule has 1 rings (SSSR count). The van der Waals surface area contributed by atoms with E-state index in [0.717, 1.165) is 5.33 Å². The molecule has 0 amide bonds. The van der Waals surface area contributed by atoms with Crippen molar-refractivity contribution in [2.45, 2.75) is 27.2 Å². The molecule has 0 saturated heterocycles. The summed E-state index contributed by atoms with van der Waals surface area (Å²) in [6, 6.07) is 11.1. The van der Waals surface area contributed by atoms with Crippen LogP contribution in [0.5, 0.6) is 0 Å². The van der Waals surface area contributed by atoms with Crippen LogP contribution in [0.15, 0.2) is 30.3 Å². The van der Waals surface area contributed by atoms with Crippen molar-refractivity contribution in [3.8, 4) is 0 Å². The van der Waals surface area contributed by atoms with Gasteiger partial charge in [-0.1, -0.05) is 0 Å². The normalized spacial score (nSPS) is 11.6. The van der Waals surface area contributed by atoms with Crippen LogP contribution in [0.4, 0.5) is 0 Å². The first-order valence-corrected chi connectivity index (χ1v) is 15.6. The fourth-order valence-corrected chi connectivity index (χ4v) is 9.28. The molecule has 0 heterocycles. The minimum atomic E-state index is -1.89. The van der Waals surface area contributed by atoms with E-state index in [1.165, 1.54) is 17.3 Å². The van der Waals surface area contributed by atoms with Gasteiger partial charge < -0.3 is 0 Å². The molecule has 0 saturated carbocycles. The van der Waals surface area contributed by atoms with Crippen molar-refractivity contribution in [3.05, 3.63) is 30.3 Å². The van der Waals surface area contributed by atoms with Gasteiger partial charge in [0.25, 0.3) is 0 Å². The first kappa shape index (κ1) is 12.6. The summed E-state index contributed by atoms with van der Waals surface area (Å²) in [5, 5.41) is 1.16. The molecule has 0 N–H and O–H groups in total. The van der Waals surface area contributed by atoms with Crippen molar-refractivity contribution in [1.29, 1.82) is 0 Å². The van der Waals surface area contributed by atoms with Crippen molar-refractivity contribution >= 4 is 37.9 Å². The number of benzene rings is 1. The van der Waals surface area contributed by atoms with E-state index in [0.29, 0.717) is 0 Å². The Morgan fingerprint density at radius 1 is 1.07 bits per heavy atom. The summed E-state index contributed by atoms with van der Waals surface area (Å²) in [4.78, 5) is 5.08. The second kappa shape index (κ2) is 6.16. The summed E-state index contributed by atoms with van der Waals surface area (Å²) in [5.41, 5.74) is 0. The van der Waals surface area contributed by atoms with Crippen LogP contribution in [0, 0.1) is 0 Å². The fraction of sp³-hybridized carbons (Fsp3) is 0.500. The molecule has 1 aromatic carbocycles. The predicted molar refractivity (Wildman–Crippen MR) is 71.4 cm³/mol. The van der Waals surface area contributed by atoms with Gasteiger partial charge in [0.15, 0.2) is 0 Å². The van der Waals surface area contributed by atoms with Crippen LogP contribution in [-0.4, -0.2) is 23.7 Å². The molecule has 0 nitrogen and oxygen atoms in total. The zero-order chi connectivity index (χ0) is 10.4. The summed E-state index contributed by atoms with van der Waals surface area (Å²) >= 11 is 1.61. The van der Waals surface area contributed by atoms with Gasteiger partial charge in [0.05, 0.1) is 0 Å². The molecule has 1 aromatic rings. The third-order valence-corrected chi connectivity index (χ3v) is 13.3. The topological polar surface area (TPSA) is 0 Å². The van der Waals surface area contributed by atoms with E-state index in [1.807, 2.05) is 0 Å². The molecule has 0 aliphatic rings. The third-order valence-electron chi connectivity index (χ3n) is 2.74. The van der Waals surface area contributed by atoms with Crippen LogP contribution in [0.1, 0.15) is 12.8 Å². The predicted octanol–water partition coefficient (Wildman–Crippen LogP) is 3.78. The Morgan fingerprint density at radius 2 is 1.71 bits per heavy atom. The standard InChI is InChI=1S/C6H5.C4H8Br.2CH3.Sn/c1-2-4-6-5-3-1;1-2-3-4-5;;;/h1-5H;1-4H2;2*1H3;. The molecule has 0 unspecified atom stereocenters. The first-order chi connectivity index (χ1) is 6.67. The molecule has 0 aliphatic heterocycles. The van der Waals surface area contributed by atoms with Gasteiger partial charge in [0, 0.05) is 0 Å². The van der Waals surface area contributed by atoms with E-state index in [9.17, 15) is 0 Å². The number of hydrogen-bond acceptors (Lipinski definition) is 0. The molecule has 0 fully saturated rings. The Bertz CT molecular complexity index is 256. The van der Waals surface area contributed by atoms with Crippen molar-refractivity contribution < 1.29 is 0 Å². The van der Waals surface area contributed by atoms with Gasteiger partial charge in [-0.3, -0.25) is 0 Å². The summed E-state index contributed by atoms with van der Waals surface area (Å²) in [6.07, 6.45) is 2.72. The summed E-state index contributed by atoms with van der Waals surface area (Å²) in [7, 11) is 0. The Hall–Kier alpha value is 0.499. The summed E-state index contributed by atoms with van der Waals surface area (Å²) in [5.74, 6) is 0. The number of rotatable bonds is 5. The molecule has 0 radical (unpaired) electrons. The van der Waals surface area contributed by atoms with Crippen molar-refractivity contribution in [2.75, 3.05) is 5.33 Å². The van der Waals surface area contributed by atoms with Gasteiger partial charge in [-0.05, 0) is 0 Å². The third kappa shape index (κ3) is 3.93. The van der Waals surface area contributed by atoms with E-state index in [1.54, 1.807) is 3.58 Å². The molecular weight excluding hydrogens is 343 g/mol.